The maximum Gasteiger partial charge on any atom is 0.524 e. The molecule has 36 heavy (non-hydrogen) atoms. The van der Waals surface area contributed by atoms with Gasteiger partial charge in [-0.3, -0.25) is 4.79 Å². The van der Waals surface area contributed by atoms with Gasteiger partial charge in [0.15, 0.2) is 0 Å². The maximum absolute atomic E-state index is 14.1. The van der Waals surface area contributed by atoms with E-state index in [1.807, 2.05) is 30.3 Å². The number of carbonyl (C=O) groups excluding carboxylic acids is 3. The Morgan fingerprint density at radius 3 is 2.42 bits per heavy atom. The molecule has 1 aliphatic rings. The number of hydrogen-bond donors (Lipinski definition) is 2. The molecule has 1 saturated heterocycles. The number of unbranched alkanes of at least 4 members (excludes halogenated alkanes) is 3. The van der Waals surface area contributed by atoms with Crippen molar-refractivity contribution in [3.05, 3.63) is 35.9 Å². The lowest BCUT2D eigenvalue weighted by atomic mass is 9.93. The molecule has 1 aromatic carbocycles. The Morgan fingerprint density at radius 2 is 1.81 bits per heavy atom. The minimum absolute atomic E-state index is 0.00570. The van der Waals surface area contributed by atoms with Gasteiger partial charge in [0, 0.05) is 6.54 Å². The molecule has 1 aliphatic heterocycles. The summed E-state index contributed by atoms with van der Waals surface area (Å²) in [7, 11) is 0. The van der Waals surface area contributed by atoms with E-state index in [9.17, 15) is 24.3 Å². The topological polar surface area (TPSA) is 119 Å². The molecule has 200 valence electrons. The van der Waals surface area contributed by atoms with E-state index in [2.05, 4.69) is 12.2 Å². The van der Waals surface area contributed by atoms with Crippen LogP contribution in [-0.4, -0.2) is 64.8 Å². The molecule has 0 spiro atoms. The van der Waals surface area contributed by atoms with Gasteiger partial charge >= 0.3 is 23.9 Å². The Bertz CT molecular complexity index is 897. The van der Waals surface area contributed by atoms with Crippen LogP contribution in [0.2, 0.25) is 0 Å². The van der Waals surface area contributed by atoms with E-state index in [4.69, 9.17) is 9.47 Å². The van der Waals surface area contributed by atoms with Crippen molar-refractivity contribution in [2.24, 2.45) is 5.92 Å². The zero-order valence-corrected chi connectivity index (χ0v) is 22.0. The summed E-state index contributed by atoms with van der Waals surface area (Å²) in [5.41, 5.74) is -0.133. The summed E-state index contributed by atoms with van der Waals surface area (Å²) in [5, 5.41) is 12.6. The molecular formula is C27H41N2O7+. The number of carboxylic acid groups (broad SMARTS) is 1. The van der Waals surface area contributed by atoms with Crippen LogP contribution >= 0.6 is 0 Å². The summed E-state index contributed by atoms with van der Waals surface area (Å²) in [6, 6.07) is 7.94. The van der Waals surface area contributed by atoms with Gasteiger partial charge in [-0.2, -0.15) is 4.79 Å². The quantitative estimate of drug-likeness (QED) is 0.263. The first-order chi connectivity index (χ1) is 17.0. The maximum atomic E-state index is 14.1. The fraction of sp³-hybridized carbons (Fsp3) is 0.630. The molecule has 0 bridgehead atoms. The summed E-state index contributed by atoms with van der Waals surface area (Å²) in [6.45, 7) is 7.44. The van der Waals surface area contributed by atoms with Crippen LogP contribution in [0.15, 0.2) is 30.3 Å². The van der Waals surface area contributed by atoms with Crippen LogP contribution in [-0.2, 0) is 30.5 Å². The van der Waals surface area contributed by atoms with Crippen LogP contribution < -0.4 is 5.32 Å². The van der Waals surface area contributed by atoms with Gasteiger partial charge < -0.3 is 19.9 Å². The first kappa shape index (κ1) is 29.5. The predicted molar refractivity (Wildman–Crippen MR) is 134 cm³/mol. The van der Waals surface area contributed by atoms with Crippen molar-refractivity contribution in [3.63, 3.8) is 0 Å². The SMILES string of the molecule is CCCCCC[C@H](CC(=O)O)C(=O)[N@@+]1(C(=O)OC(C)(C)C)CCNCC1C(=O)OCc1ccccc1. The van der Waals surface area contributed by atoms with Crippen molar-refractivity contribution in [3.8, 4) is 0 Å². The van der Waals surface area contributed by atoms with Crippen LogP contribution in [0.4, 0.5) is 4.79 Å². The van der Waals surface area contributed by atoms with Gasteiger partial charge in [-0.1, -0.05) is 62.9 Å². The van der Waals surface area contributed by atoms with Crippen LogP contribution in [0.5, 0.6) is 0 Å². The predicted octanol–water partition coefficient (Wildman–Crippen LogP) is 4.04. The van der Waals surface area contributed by atoms with Crippen LogP contribution in [0.3, 0.4) is 0 Å². The number of hydrogen-bond acceptors (Lipinski definition) is 7. The highest BCUT2D eigenvalue weighted by molar-refractivity contribution is 5.90. The summed E-state index contributed by atoms with van der Waals surface area (Å²) >= 11 is 0. The van der Waals surface area contributed by atoms with Gasteiger partial charge in [0.25, 0.3) is 0 Å². The number of quaternary nitrogens is 1. The molecule has 2 amide bonds. The highest BCUT2D eigenvalue weighted by atomic mass is 16.6. The van der Waals surface area contributed by atoms with E-state index in [0.29, 0.717) is 19.4 Å². The summed E-state index contributed by atoms with van der Waals surface area (Å²) in [6.07, 6.45) is 2.55. The molecule has 0 saturated carbocycles. The number of carboxylic acids is 1. The average molecular weight is 506 g/mol. The number of rotatable bonds is 11. The van der Waals surface area contributed by atoms with Crippen LogP contribution in [0.25, 0.3) is 0 Å². The van der Waals surface area contributed by atoms with Gasteiger partial charge in [0.05, 0.1) is 18.9 Å². The highest BCUT2D eigenvalue weighted by Gasteiger charge is 2.60. The van der Waals surface area contributed by atoms with E-state index < -0.39 is 52.4 Å². The standard InChI is InChI=1S/C27H40N2O7/c1-5-6-7-11-14-21(17-23(30)31)24(32)29(26(34)36-27(2,3)4)16-15-28-18-22(29)25(33)35-19-20-12-9-8-10-13-20/h8-10,12-13,21-22,28H,5-7,11,14-19H2,1-4H3/p+1/t21-,22?,29-/m1/s1. The molecular weight excluding hydrogens is 464 g/mol. The van der Waals surface area contributed by atoms with Crippen molar-refractivity contribution in [2.75, 3.05) is 19.6 Å². The fourth-order valence-electron chi connectivity index (χ4n) is 4.48. The Balaban J connectivity index is 2.42. The molecule has 9 nitrogen and oxygen atoms in total. The first-order valence-corrected chi connectivity index (χ1v) is 12.8. The van der Waals surface area contributed by atoms with Gasteiger partial charge in [-0.05, 0) is 32.8 Å². The Hall–Kier alpha value is -2.78. The van der Waals surface area contributed by atoms with Crippen molar-refractivity contribution in [1.29, 1.82) is 0 Å². The minimum Gasteiger partial charge on any atom is -0.481 e. The lowest BCUT2D eigenvalue weighted by molar-refractivity contribution is -0.806. The summed E-state index contributed by atoms with van der Waals surface area (Å²) in [5.74, 6) is -3.34. The third-order valence-corrected chi connectivity index (χ3v) is 6.30. The second kappa shape index (κ2) is 13.5. The number of ether oxygens (including phenoxy) is 2. The second-order valence-corrected chi connectivity index (χ2v) is 10.4. The smallest absolute Gasteiger partial charge is 0.481 e. The van der Waals surface area contributed by atoms with Crippen molar-refractivity contribution >= 4 is 23.9 Å². The minimum atomic E-state index is -1.18. The normalized spacial score (nSPS) is 20.8. The largest absolute Gasteiger partial charge is 0.524 e. The lowest BCUT2D eigenvalue weighted by Crippen LogP contribution is -2.74. The van der Waals surface area contributed by atoms with Crippen molar-refractivity contribution in [2.45, 2.75) is 84.5 Å². The summed E-state index contributed by atoms with van der Waals surface area (Å²) < 4.78 is 10.3. The lowest BCUT2D eigenvalue weighted by Gasteiger charge is -2.42. The first-order valence-electron chi connectivity index (χ1n) is 12.8. The molecule has 1 aromatic rings. The number of piperazine rings is 1. The van der Waals surface area contributed by atoms with E-state index in [1.165, 1.54) is 0 Å². The van der Waals surface area contributed by atoms with Gasteiger partial charge in [-0.15, -0.1) is 4.48 Å². The van der Waals surface area contributed by atoms with Crippen LogP contribution in [0, 0.1) is 5.92 Å². The fourth-order valence-corrected chi connectivity index (χ4v) is 4.48. The monoisotopic (exact) mass is 505 g/mol. The highest BCUT2D eigenvalue weighted by Crippen LogP contribution is 2.30. The Kier molecular flexibility index (Phi) is 11.0. The van der Waals surface area contributed by atoms with E-state index in [1.54, 1.807) is 20.8 Å². The third-order valence-electron chi connectivity index (χ3n) is 6.30. The Morgan fingerprint density at radius 1 is 1.11 bits per heavy atom. The number of nitrogens with zero attached hydrogens (tertiary/aromatic N) is 1. The number of esters is 1. The van der Waals surface area contributed by atoms with E-state index in [-0.39, 0.29) is 19.7 Å². The summed E-state index contributed by atoms with van der Waals surface area (Å²) in [4.78, 5) is 52.8. The molecule has 1 fully saturated rings. The van der Waals surface area contributed by atoms with Crippen molar-refractivity contribution < 1.29 is 38.2 Å². The molecule has 2 rings (SSSR count). The molecule has 9 heteroatoms. The number of carbonyl (C=O) groups is 4. The molecule has 0 radical (unpaired) electrons. The Labute approximate surface area is 213 Å². The number of aliphatic carboxylic acids is 1. The average Bonchev–Trinajstić information content (AvgIpc) is 2.83. The number of benzene rings is 1. The van der Waals surface area contributed by atoms with Gasteiger partial charge in [-0.25, -0.2) is 9.59 Å². The van der Waals surface area contributed by atoms with E-state index in [0.717, 1.165) is 24.8 Å². The molecule has 0 aliphatic carbocycles. The second-order valence-electron chi connectivity index (χ2n) is 10.4. The third kappa shape index (κ3) is 8.13. The van der Waals surface area contributed by atoms with E-state index >= 15 is 0 Å². The number of imide groups is 1. The number of amides is 2. The molecule has 1 heterocycles. The van der Waals surface area contributed by atoms with Gasteiger partial charge in [0.2, 0.25) is 6.04 Å². The zero-order chi connectivity index (χ0) is 26.8. The molecule has 3 atom stereocenters. The zero-order valence-electron chi connectivity index (χ0n) is 22.0. The van der Waals surface area contributed by atoms with Crippen LogP contribution in [0.1, 0.15) is 71.8 Å². The van der Waals surface area contributed by atoms with Crippen molar-refractivity contribution in [1.82, 2.24) is 5.32 Å². The molecule has 2 N–H and O–H groups in total. The molecule has 0 aromatic heterocycles. The van der Waals surface area contributed by atoms with Gasteiger partial charge in [0.1, 0.15) is 18.8 Å². The molecule has 1 unspecified atom stereocenters. The number of nitrogens with one attached hydrogen (secondary N) is 1.